The van der Waals surface area contributed by atoms with Gasteiger partial charge >= 0.3 is 6.36 Å². The molecular formula is C8H6F5NO. The lowest BCUT2D eigenvalue weighted by Gasteiger charge is -2.11. The quantitative estimate of drug-likeness (QED) is 0.622. The Morgan fingerprint density at radius 3 is 2.20 bits per heavy atom. The Kier molecular flexibility index (Phi) is 3.01. The number of halogens is 5. The van der Waals surface area contributed by atoms with Crippen molar-refractivity contribution in [2.24, 2.45) is 0 Å². The van der Waals surface area contributed by atoms with E-state index in [0.29, 0.717) is 0 Å². The van der Waals surface area contributed by atoms with E-state index in [0.717, 1.165) is 18.2 Å². The molecule has 1 aromatic rings. The maximum absolute atomic E-state index is 12.1. The second kappa shape index (κ2) is 3.92. The molecule has 0 radical (unpaired) electrons. The number of anilines is 1. The molecule has 1 aromatic carbocycles. The lowest BCUT2D eigenvalue weighted by molar-refractivity contribution is -0.274. The molecule has 0 unspecified atom stereocenters. The van der Waals surface area contributed by atoms with Gasteiger partial charge in [-0.25, -0.2) is 8.78 Å². The average molecular weight is 227 g/mol. The van der Waals surface area contributed by atoms with Gasteiger partial charge in [-0.3, -0.25) is 0 Å². The molecular weight excluding hydrogens is 221 g/mol. The zero-order chi connectivity index (χ0) is 11.6. The third-order valence-electron chi connectivity index (χ3n) is 1.51. The molecule has 0 aliphatic heterocycles. The van der Waals surface area contributed by atoms with Gasteiger partial charge in [0.1, 0.15) is 0 Å². The van der Waals surface area contributed by atoms with Crippen LogP contribution in [0, 0.1) is 0 Å². The topological polar surface area (TPSA) is 35.2 Å². The van der Waals surface area contributed by atoms with Gasteiger partial charge in [0.25, 0.3) is 6.43 Å². The molecule has 0 aliphatic carbocycles. The van der Waals surface area contributed by atoms with Crippen LogP contribution in [-0.4, -0.2) is 6.36 Å². The molecule has 0 saturated heterocycles. The molecule has 0 heterocycles. The number of ether oxygens (including phenoxy) is 1. The highest BCUT2D eigenvalue weighted by Crippen LogP contribution is 2.31. The molecule has 0 spiro atoms. The Morgan fingerprint density at radius 1 is 1.20 bits per heavy atom. The van der Waals surface area contributed by atoms with Crippen LogP contribution in [0.3, 0.4) is 0 Å². The van der Waals surface area contributed by atoms with Crippen molar-refractivity contribution in [2.75, 3.05) is 5.73 Å². The fourth-order valence-electron chi connectivity index (χ4n) is 0.920. The van der Waals surface area contributed by atoms with Crippen LogP contribution in [0.1, 0.15) is 12.0 Å². The van der Waals surface area contributed by atoms with E-state index in [2.05, 4.69) is 4.74 Å². The SMILES string of the molecule is Nc1cc(C(F)F)ccc1OC(F)(F)F. The highest BCUT2D eigenvalue weighted by atomic mass is 19.4. The number of hydrogen-bond acceptors (Lipinski definition) is 2. The first-order chi connectivity index (χ1) is 6.79. The molecule has 1 rings (SSSR count). The summed E-state index contributed by atoms with van der Waals surface area (Å²) in [7, 11) is 0. The second-order valence-corrected chi connectivity index (χ2v) is 2.65. The van der Waals surface area contributed by atoms with Crippen molar-refractivity contribution >= 4 is 5.69 Å². The molecule has 0 bridgehead atoms. The maximum Gasteiger partial charge on any atom is 0.573 e. The third-order valence-corrected chi connectivity index (χ3v) is 1.51. The minimum Gasteiger partial charge on any atom is -0.404 e. The summed E-state index contributed by atoms with van der Waals surface area (Å²) in [5.41, 5.74) is 4.17. The largest absolute Gasteiger partial charge is 0.573 e. The second-order valence-electron chi connectivity index (χ2n) is 2.65. The van der Waals surface area contributed by atoms with E-state index in [1.54, 1.807) is 0 Å². The first-order valence-corrected chi connectivity index (χ1v) is 3.73. The molecule has 2 N–H and O–H groups in total. The highest BCUT2D eigenvalue weighted by molar-refractivity contribution is 5.54. The van der Waals surface area contributed by atoms with Gasteiger partial charge in [-0.05, 0) is 18.2 Å². The average Bonchev–Trinajstić information content (AvgIpc) is 2.05. The number of hydrogen-bond donors (Lipinski definition) is 1. The van der Waals surface area contributed by atoms with Crippen LogP contribution in [0.4, 0.5) is 27.6 Å². The van der Waals surface area contributed by atoms with Crippen LogP contribution in [0.2, 0.25) is 0 Å². The number of alkyl halides is 5. The van der Waals surface area contributed by atoms with E-state index in [4.69, 9.17) is 5.73 Å². The Balaban J connectivity index is 2.94. The molecule has 0 aromatic heterocycles. The van der Waals surface area contributed by atoms with E-state index in [-0.39, 0.29) is 0 Å². The van der Waals surface area contributed by atoms with Gasteiger partial charge < -0.3 is 10.5 Å². The fraction of sp³-hybridized carbons (Fsp3) is 0.250. The summed E-state index contributed by atoms with van der Waals surface area (Å²) >= 11 is 0. The molecule has 0 saturated carbocycles. The van der Waals surface area contributed by atoms with Gasteiger partial charge in [-0.2, -0.15) is 0 Å². The van der Waals surface area contributed by atoms with Crippen LogP contribution >= 0.6 is 0 Å². The van der Waals surface area contributed by atoms with E-state index in [9.17, 15) is 22.0 Å². The van der Waals surface area contributed by atoms with Gasteiger partial charge in [0.05, 0.1) is 5.69 Å². The smallest absolute Gasteiger partial charge is 0.404 e. The zero-order valence-corrected chi connectivity index (χ0v) is 7.18. The van der Waals surface area contributed by atoms with Crippen molar-refractivity contribution in [3.63, 3.8) is 0 Å². The van der Waals surface area contributed by atoms with Gasteiger partial charge in [0.15, 0.2) is 5.75 Å². The summed E-state index contributed by atoms with van der Waals surface area (Å²) in [5, 5.41) is 0. The predicted octanol–water partition coefficient (Wildman–Crippen LogP) is 3.11. The summed E-state index contributed by atoms with van der Waals surface area (Å²) in [6, 6.07) is 2.32. The number of benzene rings is 1. The van der Waals surface area contributed by atoms with Crippen molar-refractivity contribution in [2.45, 2.75) is 12.8 Å². The van der Waals surface area contributed by atoms with Crippen LogP contribution in [0.15, 0.2) is 18.2 Å². The summed E-state index contributed by atoms with van der Waals surface area (Å²) in [6.07, 6.45) is -7.67. The van der Waals surface area contributed by atoms with Gasteiger partial charge in [0, 0.05) is 5.56 Å². The number of nitrogens with two attached hydrogens (primary N) is 1. The van der Waals surface area contributed by atoms with E-state index in [1.165, 1.54) is 0 Å². The Morgan fingerprint density at radius 2 is 1.80 bits per heavy atom. The lowest BCUT2D eigenvalue weighted by atomic mass is 10.2. The summed E-state index contributed by atoms with van der Waals surface area (Å²) in [4.78, 5) is 0. The highest BCUT2D eigenvalue weighted by Gasteiger charge is 2.32. The van der Waals surface area contributed by atoms with E-state index < -0.39 is 29.8 Å². The standard InChI is InChI=1S/C8H6F5NO/c9-7(10)4-1-2-6(5(14)3-4)15-8(11,12)13/h1-3,7H,14H2. The molecule has 0 fully saturated rings. The molecule has 84 valence electrons. The van der Waals surface area contributed by atoms with Crippen molar-refractivity contribution in [1.29, 1.82) is 0 Å². The Bertz CT molecular complexity index is 349. The van der Waals surface area contributed by atoms with Crippen LogP contribution in [0.5, 0.6) is 5.75 Å². The van der Waals surface area contributed by atoms with Crippen LogP contribution in [0.25, 0.3) is 0 Å². The van der Waals surface area contributed by atoms with Crippen molar-refractivity contribution < 1.29 is 26.7 Å². The number of nitrogen functional groups attached to an aromatic ring is 1. The molecule has 0 amide bonds. The first kappa shape index (κ1) is 11.5. The van der Waals surface area contributed by atoms with Crippen molar-refractivity contribution in [3.05, 3.63) is 23.8 Å². The summed E-state index contributed by atoms with van der Waals surface area (Å²) in [6.45, 7) is 0. The Hall–Kier alpha value is -1.53. The van der Waals surface area contributed by atoms with E-state index >= 15 is 0 Å². The normalized spacial score (nSPS) is 11.9. The molecule has 7 heteroatoms. The molecule has 2 nitrogen and oxygen atoms in total. The fourth-order valence-corrected chi connectivity index (χ4v) is 0.920. The monoisotopic (exact) mass is 227 g/mol. The molecule has 0 atom stereocenters. The maximum atomic E-state index is 12.1. The van der Waals surface area contributed by atoms with Crippen molar-refractivity contribution in [3.8, 4) is 5.75 Å². The van der Waals surface area contributed by atoms with Gasteiger partial charge in [-0.15, -0.1) is 13.2 Å². The molecule has 15 heavy (non-hydrogen) atoms. The first-order valence-electron chi connectivity index (χ1n) is 3.73. The zero-order valence-electron chi connectivity index (χ0n) is 7.18. The Labute approximate surface area is 81.4 Å². The summed E-state index contributed by atoms with van der Waals surface area (Å²) in [5.74, 6) is -0.688. The minimum absolute atomic E-state index is 0.456. The lowest BCUT2D eigenvalue weighted by Crippen LogP contribution is -2.18. The van der Waals surface area contributed by atoms with Crippen molar-refractivity contribution in [1.82, 2.24) is 0 Å². The predicted molar refractivity (Wildman–Crippen MR) is 42.5 cm³/mol. The van der Waals surface area contributed by atoms with Crippen LogP contribution < -0.4 is 10.5 Å². The van der Waals surface area contributed by atoms with Crippen LogP contribution in [-0.2, 0) is 0 Å². The van der Waals surface area contributed by atoms with E-state index in [1.807, 2.05) is 0 Å². The van der Waals surface area contributed by atoms with Gasteiger partial charge in [0.2, 0.25) is 0 Å². The third kappa shape index (κ3) is 3.26. The minimum atomic E-state index is -4.89. The van der Waals surface area contributed by atoms with Gasteiger partial charge in [-0.1, -0.05) is 0 Å². The molecule has 0 aliphatic rings. The summed E-state index contributed by atoms with van der Waals surface area (Å²) < 4.78 is 63.0. The number of rotatable bonds is 2.